The molecule has 0 radical (unpaired) electrons. The first kappa shape index (κ1) is 5.30. The van der Waals surface area contributed by atoms with Gasteiger partial charge in [-0.25, -0.2) is 0 Å². The van der Waals surface area contributed by atoms with Gasteiger partial charge < -0.3 is 0 Å². The van der Waals surface area contributed by atoms with Crippen LogP contribution in [0.3, 0.4) is 0 Å². The zero-order valence-electron chi connectivity index (χ0n) is 3.73. The zero-order chi connectivity index (χ0) is 4.28. The van der Waals surface area contributed by atoms with E-state index in [0.29, 0.717) is 0 Å². The molecule has 0 aliphatic carbocycles. The van der Waals surface area contributed by atoms with Crippen molar-refractivity contribution < 1.29 is 0 Å². The van der Waals surface area contributed by atoms with Gasteiger partial charge in [-0.1, -0.05) is 0 Å². The van der Waals surface area contributed by atoms with Crippen LogP contribution >= 0.6 is 0 Å². The topological polar surface area (TPSA) is 0 Å². The molecular formula is C4H9As. The van der Waals surface area contributed by atoms with Crippen molar-refractivity contribution in [1.29, 1.82) is 0 Å². The summed E-state index contributed by atoms with van der Waals surface area (Å²) in [7, 11) is 0. The molecule has 5 heavy (non-hydrogen) atoms. The molecule has 0 aliphatic rings. The molecule has 0 aliphatic heterocycles. The van der Waals surface area contributed by atoms with Gasteiger partial charge in [-0.15, -0.1) is 0 Å². The Labute approximate surface area is 38.1 Å². The van der Waals surface area contributed by atoms with E-state index in [1.54, 1.807) is 0 Å². The monoisotopic (exact) mass is 132 g/mol. The van der Waals surface area contributed by atoms with Crippen LogP contribution in [0, 0.1) is 0 Å². The summed E-state index contributed by atoms with van der Waals surface area (Å²) >= 11 is -0.438. The molecule has 1 heteroatoms. The van der Waals surface area contributed by atoms with Crippen molar-refractivity contribution in [2.24, 2.45) is 0 Å². The van der Waals surface area contributed by atoms with E-state index in [1.165, 1.54) is 0 Å². The Hall–Kier alpha value is 0.298. The van der Waals surface area contributed by atoms with E-state index < -0.39 is 14.7 Å². The van der Waals surface area contributed by atoms with Crippen molar-refractivity contribution in [3.8, 4) is 0 Å². The molecule has 0 bridgehead atoms. The van der Waals surface area contributed by atoms with Crippen LogP contribution in [0.5, 0.6) is 0 Å². The normalized spacial score (nSPS) is 8.60. The van der Waals surface area contributed by atoms with Crippen LogP contribution in [-0.4, -0.2) is 14.7 Å². The molecule has 0 saturated carbocycles. The van der Waals surface area contributed by atoms with Crippen LogP contribution in [0.4, 0.5) is 0 Å². The van der Waals surface area contributed by atoms with Gasteiger partial charge >= 0.3 is 37.5 Å². The number of hydrogen-bond acceptors (Lipinski definition) is 0. The van der Waals surface area contributed by atoms with Crippen molar-refractivity contribution in [2.75, 3.05) is 0 Å². The maximum atomic E-state index is 3.62. The molecule has 30 valence electrons. The average molecular weight is 132 g/mol. The van der Waals surface area contributed by atoms with Crippen molar-refractivity contribution in [3.63, 3.8) is 0 Å². The molecule has 0 aromatic rings. The molecule has 0 saturated heterocycles. The van der Waals surface area contributed by atoms with Crippen molar-refractivity contribution in [1.82, 2.24) is 0 Å². The van der Waals surface area contributed by atoms with E-state index in [9.17, 15) is 0 Å². The zero-order valence-corrected chi connectivity index (χ0v) is 5.61. The van der Waals surface area contributed by atoms with Crippen LogP contribution in [0.15, 0.2) is 11.4 Å². The van der Waals surface area contributed by atoms with Gasteiger partial charge in [0.05, 0.1) is 0 Å². The van der Waals surface area contributed by atoms with Gasteiger partial charge in [0, 0.05) is 0 Å². The summed E-state index contributed by atoms with van der Waals surface area (Å²) in [5, 5.41) is 0. The van der Waals surface area contributed by atoms with Gasteiger partial charge in [-0.05, 0) is 0 Å². The molecule has 0 atom stereocenters. The van der Waals surface area contributed by atoms with Crippen molar-refractivity contribution >= 4 is 14.7 Å². The summed E-state index contributed by atoms with van der Waals surface area (Å²) < 4.78 is 0. The minimum absolute atomic E-state index is 0.438. The molecule has 0 fully saturated rings. The number of rotatable bonds is 1. The first-order chi connectivity index (χ1) is 2.27. The fourth-order valence-electron chi connectivity index (χ4n) is 0. The van der Waals surface area contributed by atoms with Gasteiger partial charge in [0.25, 0.3) is 0 Å². The second-order valence-corrected chi connectivity index (χ2v) is 5.96. The van der Waals surface area contributed by atoms with E-state index in [4.69, 9.17) is 0 Å². The molecule has 0 amide bonds. The van der Waals surface area contributed by atoms with Gasteiger partial charge in [0.15, 0.2) is 0 Å². The van der Waals surface area contributed by atoms with Gasteiger partial charge in [0.1, 0.15) is 0 Å². The first-order valence-electron chi connectivity index (χ1n) is 1.56. The second kappa shape index (κ2) is 2.53. The predicted molar refractivity (Wildman–Crippen MR) is 27.7 cm³/mol. The third-order valence-corrected chi connectivity index (χ3v) is 1.90. The van der Waals surface area contributed by atoms with E-state index in [2.05, 4.69) is 22.9 Å². The third kappa shape index (κ3) is 4.30. The maximum absolute atomic E-state index is 3.62. The van der Waals surface area contributed by atoms with Gasteiger partial charge in [-0.3, -0.25) is 0 Å². The summed E-state index contributed by atoms with van der Waals surface area (Å²) in [6.45, 7) is 3.62. The fraction of sp³-hybridized carbons (Fsp3) is 0.500. The molecule has 0 rings (SSSR count). The molecule has 0 aromatic heterocycles. The summed E-state index contributed by atoms with van der Waals surface area (Å²) in [6.07, 6.45) is 0. The Morgan fingerprint density at radius 3 is 1.80 bits per heavy atom. The summed E-state index contributed by atoms with van der Waals surface area (Å²) in [6, 6.07) is 0. The molecule has 0 N–H and O–H groups in total. The van der Waals surface area contributed by atoms with Gasteiger partial charge in [0.2, 0.25) is 0 Å². The molecule has 0 nitrogen and oxygen atoms in total. The van der Waals surface area contributed by atoms with E-state index in [-0.39, 0.29) is 0 Å². The van der Waals surface area contributed by atoms with Gasteiger partial charge in [-0.2, -0.15) is 0 Å². The summed E-state index contributed by atoms with van der Waals surface area (Å²) in [4.78, 5) is 2.06. The molecule has 0 heterocycles. The van der Waals surface area contributed by atoms with Crippen molar-refractivity contribution in [3.05, 3.63) is 11.4 Å². The average Bonchev–Trinajstić information content (AvgIpc) is 1.38. The Bertz CT molecular complexity index is 30.6. The molecule has 0 spiro atoms. The fourth-order valence-corrected chi connectivity index (χ4v) is 0. The number of hydrogen-bond donors (Lipinski definition) is 0. The van der Waals surface area contributed by atoms with E-state index in [1.807, 2.05) is 0 Å². The third-order valence-electron chi connectivity index (χ3n) is 0.365. The Morgan fingerprint density at radius 1 is 1.60 bits per heavy atom. The predicted octanol–water partition coefficient (Wildman–Crippen LogP) is 1.47. The van der Waals surface area contributed by atoms with E-state index in [0.717, 1.165) is 0 Å². The van der Waals surface area contributed by atoms with Crippen LogP contribution in [0.2, 0.25) is 11.4 Å². The van der Waals surface area contributed by atoms with Crippen LogP contribution in [0.25, 0.3) is 0 Å². The standard InChI is InChI=1S/C4H9As/c1-4-5(2)3/h4H,1H2,2-3H3. The Morgan fingerprint density at radius 2 is 1.80 bits per heavy atom. The Balaban J connectivity index is 2.83. The van der Waals surface area contributed by atoms with E-state index >= 15 is 0 Å². The molecular weight excluding hydrogens is 123 g/mol. The Kier molecular flexibility index (Phi) is 2.68. The van der Waals surface area contributed by atoms with Crippen molar-refractivity contribution in [2.45, 2.75) is 11.4 Å². The molecule has 0 aromatic carbocycles. The quantitative estimate of drug-likeness (QED) is 0.474. The van der Waals surface area contributed by atoms with Crippen LogP contribution in [-0.2, 0) is 0 Å². The second-order valence-electron chi connectivity index (χ2n) is 1.15. The summed E-state index contributed by atoms with van der Waals surface area (Å²) in [5.74, 6) is 0. The minimum atomic E-state index is -0.438. The van der Waals surface area contributed by atoms with Crippen LogP contribution in [0.1, 0.15) is 0 Å². The first-order valence-corrected chi connectivity index (χ1v) is 6.40. The van der Waals surface area contributed by atoms with Crippen LogP contribution < -0.4 is 0 Å². The molecule has 0 unspecified atom stereocenters. The SMILES string of the molecule is C=C[As](C)C. The summed E-state index contributed by atoms with van der Waals surface area (Å²) in [5.41, 5.74) is 4.50.